The molecule has 3 aromatic rings. The van der Waals surface area contributed by atoms with Crippen molar-refractivity contribution in [2.75, 3.05) is 18.6 Å². The average molecular weight is 354 g/mol. The van der Waals surface area contributed by atoms with Crippen LogP contribution in [0.2, 0.25) is 5.02 Å². The Labute approximate surface area is 150 Å². The molecule has 2 aromatic heterocycles. The topological polar surface area (TPSA) is 64.0 Å². The van der Waals surface area contributed by atoms with Gasteiger partial charge in [-0.05, 0) is 18.2 Å². The molecular weight excluding hydrogens is 338 g/mol. The number of rotatable bonds is 3. The van der Waals surface area contributed by atoms with Crippen molar-refractivity contribution in [3.8, 4) is 17.4 Å². The van der Waals surface area contributed by atoms with Gasteiger partial charge in [-0.15, -0.1) is 0 Å². The Morgan fingerprint density at radius 3 is 2.72 bits per heavy atom. The van der Waals surface area contributed by atoms with Crippen molar-refractivity contribution < 1.29 is 4.74 Å². The molecule has 1 aliphatic heterocycles. The van der Waals surface area contributed by atoms with Crippen LogP contribution in [0.15, 0.2) is 42.9 Å². The molecule has 1 aromatic carbocycles. The van der Waals surface area contributed by atoms with Gasteiger partial charge in [0.1, 0.15) is 5.75 Å². The summed E-state index contributed by atoms with van der Waals surface area (Å²) < 4.78 is 5.31. The third kappa shape index (κ3) is 3.25. The van der Waals surface area contributed by atoms with Gasteiger partial charge in [-0.25, -0.2) is 19.9 Å². The molecule has 0 saturated heterocycles. The number of aromatic nitrogens is 4. The van der Waals surface area contributed by atoms with E-state index in [1.165, 1.54) is 0 Å². The molecule has 126 valence electrons. The van der Waals surface area contributed by atoms with Crippen molar-refractivity contribution in [3.05, 3.63) is 59.1 Å². The summed E-state index contributed by atoms with van der Waals surface area (Å²) in [5, 5.41) is 0.660. The van der Waals surface area contributed by atoms with Crippen molar-refractivity contribution >= 4 is 17.3 Å². The quantitative estimate of drug-likeness (QED) is 0.720. The third-order valence-electron chi connectivity index (χ3n) is 4.16. The number of halogens is 1. The van der Waals surface area contributed by atoms with Gasteiger partial charge in [0, 0.05) is 60.4 Å². The Bertz CT molecular complexity index is 903. The average Bonchev–Trinajstić information content (AvgIpc) is 2.67. The molecule has 0 N–H and O–H groups in total. The number of hydrogen-bond donors (Lipinski definition) is 0. The van der Waals surface area contributed by atoms with E-state index in [0.29, 0.717) is 16.7 Å². The summed E-state index contributed by atoms with van der Waals surface area (Å²) in [5.41, 5.74) is 3.18. The second-order valence-electron chi connectivity index (χ2n) is 5.76. The van der Waals surface area contributed by atoms with Crippen LogP contribution >= 0.6 is 11.6 Å². The lowest BCUT2D eigenvalue weighted by Gasteiger charge is -2.30. The molecular formula is C18H16ClN5O. The molecule has 0 saturated carbocycles. The minimum absolute atomic E-state index is 0.548. The Balaban J connectivity index is 1.61. The Kier molecular flexibility index (Phi) is 4.19. The van der Waals surface area contributed by atoms with E-state index in [2.05, 4.69) is 24.8 Å². The maximum atomic E-state index is 6.19. The van der Waals surface area contributed by atoms with Crippen LogP contribution in [-0.4, -0.2) is 33.6 Å². The molecule has 0 radical (unpaired) electrons. The molecule has 1 aliphatic rings. The number of hydrogen-bond acceptors (Lipinski definition) is 6. The minimum atomic E-state index is 0.548. The zero-order chi connectivity index (χ0) is 17.2. The van der Waals surface area contributed by atoms with Gasteiger partial charge in [0.05, 0.1) is 12.8 Å². The van der Waals surface area contributed by atoms with Crippen LogP contribution in [0.4, 0.5) is 5.69 Å². The lowest BCUT2D eigenvalue weighted by atomic mass is 10.1. The first-order chi connectivity index (χ1) is 12.2. The second-order valence-corrected chi connectivity index (χ2v) is 6.20. The van der Waals surface area contributed by atoms with Gasteiger partial charge >= 0.3 is 0 Å². The van der Waals surface area contributed by atoms with E-state index in [0.717, 1.165) is 42.2 Å². The SMILES string of the molecule is COc1cc(Cl)cc(N2CCc3nc(-c4ncccn4)ncc3C2)c1. The van der Waals surface area contributed by atoms with Crippen molar-refractivity contribution in [3.63, 3.8) is 0 Å². The summed E-state index contributed by atoms with van der Waals surface area (Å²) >= 11 is 6.19. The van der Waals surface area contributed by atoms with E-state index in [9.17, 15) is 0 Å². The van der Waals surface area contributed by atoms with Crippen LogP contribution in [0.5, 0.6) is 5.75 Å². The van der Waals surface area contributed by atoms with E-state index in [1.54, 1.807) is 31.6 Å². The normalized spacial score (nSPS) is 13.4. The minimum Gasteiger partial charge on any atom is -0.497 e. The standard InChI is InChI=1S/C18H16ClN5O/c1-25-15-8-13(19)7-14(9-15)24-6-3-16-12(11-24)10-22-18(23-16)17-20-4-2-5-21-17/h2,4-5,7-10H,3,6,11H2,1H3. The first-order valence-corrected chi connectivity index (χ1v) is 8.32. The summed E-state index contributed by atoms with van der Waals surface area (Å²) in [6.07, 6.45) is 6.08. The van der Waals surface area contributed by atoms with Crippen molar-refractivity contribution in [2.24, 2.45) is 0 Å². The van der Waals surface area contributed by atoms with Gasteiger partial charge in [-0.3, -0.25) is 0 Å². The third-order valence-corrected chi connectivity index (χ3v) is 4.37. The summed E-state index contributed by atoms with van der Waals surface area (Å²) in [7, 11) is 1.64. The predicted octanol–water partition coefficient (Wildman–Crippen LogP) is 3.16. The van der Waals surface area contributed by atoms with Gasteiger partial charge in [-0.2, -0.15) is 0 Å². The number of fused-ring (bicyclic) bond motifs is 1. The monoisotopic (exact) mass is 353 g/mol. The fourth-order valence-corrected chi connectivity index (χ4v) is 3.13. The highest BCUT2D eigenvalue weighted by Crippen LogP contribution is 2.30. The molecule has 25 heavy (non-hydrogen) atoms. The molecule has 4 rings (SSSR count). The summed E-state index contributed by atoms with van der Waals surface area (Å²) in [6, 6.07) is 7.52. The van der Waals surface area contributed by atoms with Crippen molar-refractivity contribution in [1.82, 2.24) is 19.9 Å². The Hall–Kier alpha value is -2.73. The highest BCUT2D eigenvalue weighted by atomic mass is 35.5. The molecule has 7 heteroatoms. The second kappa shape index (κ2) is 6.64. The lowest BCUT2D eigenvalue weighted by Crippen LogP contribution is -2.31. The van der Waals surface area contributed by atoms with Gasteiger partial charge in [0.15, 0.2) is 11.6 Å². The predicted molar refractivity (Wildman–Crippen MR) is 95.8 cm³/mol. The largest absolute Gasteiger partial charge is 0.497 e. The smallest absolute Gasteiger partial charge is 0.197 e. The first-order valence-electron chi connectivity index (χ1n) is 7.94. The zero-order valence-corrected chi connectivity index (χ0v) is 14.4. The number of methoxy groups -OCH3 is 1. The van der Waals surface area contributed by atoms with E-state index in [1.807, 2.05) is 18.3 Å². The summed E-state index contributed by atoms with van der Waals surface area (Å²) in [5.74, 6) is 1.87. The van der Waals surface area contributed by atoms with E-state index < -0.39 is 0 Å². The zero-order valence-electron chi connectivity index (χ0n) is 13.7. The maximum Gasteiger partial charge on any atom is 0.197 e. The molecule has 0 bridgehead atoms. The highest BCUT2D eigenvalue weighted by molar-refractivity contribution is 6.31. The van der Waals surface area contributed by atoms with Crippen molar-refractivity contribution in [2.45, 2.75) is 13.0 Å². The number of anilines is 1. The Morgan fingerprint density at radius 1 is 1.08 bits per heavy atom. The van der Waals surface area contributed by atoms with Gasteiger partial charge in [-0.1, -0.05) is 11.6 Å². The molecule has 0 spiro atoms. The summed E-state index contributed by atoms with van der Waals surface area (Å²) in [4.78, 5) is 19.8. The molecule has 0 atom stereocenters. The number of ether oxygens (including phenoxy) is 1. The van der Waals surface area contributed by atoms with Crippen molar-refractivity contribution in [1.29, 1.82) is 0 Å². The van der Waals surface area contributed by atoms with Crippen LogP contribution in [0.1, 0.15) is 11.3 Å². The highest BCUT2D eigenvalue weighted by Gasteiger charge is 2.20. The molecule has 6 nitrogen and oxygen atoms in total. The van der Waals surface area contributed by atoms with Gasteiger partial charge < -0.3 is 9.64 Å². The lowest BCUT2D eigenvalue weighted by molar-refractivity contribution is 0.414. The fourth-order valence-electron chi connectivity index (χ4n) is 2.91. The molecule has 0 fully saturated rings. The van der Waals surface area contributed by atoms with E-state index in [4.69, 9.17) is 16.3 Å². The van der Waals surface area contributed by atoms with Crippen LogP contribution in [-0.2, 0) is 13.0 Å². The number of benzene rings is 1. The maximum absolute atomic E-state index is 6.19. The molecule has 0 unspecified atom stereocenters. The van der Waals surface area contributed by atoms with Gasteiger partial charge in [0.2, 0.25) is 0 Å². The Morgan fingerprint density at radius 2 is 1.92 bits per heavy atom. The van der Waals surface area contributed by atoms with E-state index >= 15 is 0 Å². The van der Waals surface area contributed by atoms with Crippen LogP contribution < -0.4 is 9.64 Å². The van der Waals surface area contributed by atoms with Gasteiger partial charge in [0.25, 0.3) is 0 Å². The van der Waals surface area contributed by atoms with Crippen LogP contribution in [0, 0.1) is 0 Å². The van der Waals surface area contributed by atoms with Crippen LogP contribution in [0.3, 0.4) is 0 Å². The molecule has 0 amide bonds. The van der Waals surface area contributed by atoms with E-state index in [-0.39, 0.29) is 0 Å². The molecule has 3 heterocycles. The fraction of sp³-hybridized carbons (Fsp3) is 0.222. The molecule has 0 aliphatic carbocycles. The summed E-state index contributed by atoms with van der Waals surface area (Å²) in [6.45, 7) is 1.58. The first kappa shape index (κ1) is 15.8. The number of nitrogens with zero attached hydrogens (tertiary/aromatic N) is 5. The van der Waals surface area contributed by atoms with Crippen LogP contribution in [0.25, 0.3) is 11.6 Å².